The summed E-state index contributed by atoms with van der Waals surface area (Å²) in [5.41, 5.74) is 0. The lowest BCUT2D eigenvalue weighted by atomic mass is 10.3. The van der Waals surface area contributed by atoms with E-state index in [0.29, 0.717) is 6.54 Å². The van der Waals surface area contributed by atoms with Gasteiger partial charge in [-0.3, -0.25) is 9.69 Å². The number of halogens is 2. The lowest BCUT2D eigenvalue weighted by Gasteiger charge is -2.26. The van der Waals surface area contributed by atoms with E-state index in [1.54, 1.807) is 0 Å². The molecule has 0 saturated carbocycles. The first-order valence-electron chi connectivity index (χ1n) is 5.71. The first-order valence-corrected chi connectivity index (χ1v) is 7.38. The summed E-state index contributed by atoms with van der Waals surface area (Å²) in [6.07, 6.45) is 0. The van der Waals surface area contributed by atoms with Gasteiger partial charge in [0.25, 0.3) is 5.91 Å². The minimum atomic E-state index is 0. The molecule has 1 aromatic rings. The third-order valence-electron chi connectivity index (χ3n) is 2.71. The predicted molar refractivity (Wildman–Crippen MR) is 80.9 cm³/mol. The molecule has 2 heterocycles. The van der Waals surface area contributed by atoms with E-state index >= 15 is 0 Å². The second kappa shape index (κ2) is 8.12. The molecule has 0 bridgehead atoms. The van der Waals surface area contributed by atoms with E-state index in [1.165, 1.54) is 11.3 Å². The van der Waals surface area contributed by atoms with E-state index in [9.17, 15) is 4.79 Å². The third-order valence-corrected chi connectivity index (χ3v) is 4.40. The van der Waals surface area contributed by atoms with E-state index in [1.807, 2.05) is 11.4 Å². The molecular weight excluding hydrogens is 338 g/mol. The van der Waals surface area contributed by atoms with Crippen LogP contribution in [0.5, 0.6) is 0 Å². The summed E-state index contributed by atoms with van der Waals surface area (Å²) in [5, 5.41) is 8.18. The molecule has 0 aliphatic carbocycles. The zero-order valence-electron chi connectivity index (χ0n) is 9.95. The predicted octanol–water partition coefficient (Wildman–Crippen LogP) is 1.57. The largest absolute Gasteiger partial charge is 0.350 e. The zero-order chi connectivity index (χ0) is 12.1. The van der Waals surface area contributed by atoms with Gasteiger partial charge in [-0.1, -0.05) is 0 Å². The van der Waals surface area contributed by atoms with Crippen molar-refractivity contribution in [1.82, 2.24) is 15.5 Å². The molecule has 4 nitrogen and oxygen atoms in total. The lowest BCUT2D eigenvalue weighted by Crippen LogP contribution is -2.46. The molecule has 1 fully saturated rings. The molecule has 1 aromatic heterocycles. The zero-order valence-corrected chi connectivity index (χ0v) is 13.2. The second-order valence-corrected chi connectivity index (χ2v) is 5.80. The van der Waals surface area contributed by atoms with Crippen molar-refractivity contribution in [3.8, 4) is 0 Å². The number of thiophene rings is 1. The van der Waals surface area contributed by atoms with Crippen molar-refractivity contribution in [1.29, 1.82) is 0 Å². The summed E-state index contributed by atoms with van der Waals surface area (Å²) < 4.78 is 0.967. The number of carbonyl (C=O) groups is 1. The van der Waals surface area contributed by atoms with Crippen molar-refractivity contribution in [3.05, 3.63) is 20.8 Å². The average molecular weight is 355 g/mol. The highest BCUT2D eigenvalue weighted by atomic mass is 79.9. The summed E-state index contributed by atoms with van der Waals surface area (Å²) in [7, 11) is 0. The van der Waals surface area contributed by atoms with Gasteiger partial charge in [0.1, 0.15) is 0 Å². The molecule has 1 aliphatic heterocycles. The SMILES string of the molecule is Cl.O=C(NCCN1CCNCC1)c1cc(Br)cs1. The maximum Gasteiger partial charge on any atom is 0.261 e. The van der Waals surface area contributed by atoms with Gasteiger partial charge in [0.2, 0.25) is 0 Å². The van der Waals surface area contributed by atoms with Gasteiger partial charge < -0.3 is 10.6 Å². The summed E-state index contributed by atoms with van der Waals surface area (Å²) in [5.74, 6) is 0.0239. The fourth-order valence-electron chi connectivity index (χ4n) is 1.78. The van der Waals surface area contributed by atoms with Crippen molar-refractivity contribution in [3.63, 3.8) is 0 Å². The Morgan fingerprint density at radius 2 is 2.22 bits per heavy atom. The maximum absolute atomic E-state index is 11.7. The number of hydrogen-bond acceptors (Lipinski definition) is 4. The molecule has 0 radical (unpaired) electrons. The number of piperazine rings is 1. The number of nitrogens with one attached hydrogen (secondary N) is 2. The van der Waals surface area contributed by atoms with Crippen LogP contribution in [0.1, 0.15) is 9.67 Å². The Morgan fingerprint density at radius 1 is 1.50 bits per heavy atom. The van der Waals surface area contributed by atoms with E-state index in [2.05, 4.69) is 31.5 Å². The Labute approximate surface area is 126 Å². The van der Waals surface area contributed by atoms with Gasteiger partial charge >= 0.3 is 0 Å². The van der Waals surface area contributed by atoms with Crippen LogP contribution in [0.15, 0.2) is 15.9 Å². The average Bonchev–Trinajstić information content (AvgIpc) is 2.77. The van der Waals surface area contributed by atoms with Crippen molar-refractivity contribution in [2.24, 2.45) is 0 Å². The van der Waals surface area contributed by atoms with Crippen molar-refractivity contribution >= 4 is 45.6 Å². The van der Waals surface area contributed by atoms with Crippen LogP contribution in [-0.2, 0) is 0 Å². The van der Waals surface area contributed by atoms with E-state index in [-0.39, 0.29) is 18.3 Å². The van der Waals surface area contributed by atoms with Crippen LogP contribution in [0.25, 0.3) is 0 Å². The van der Waals surface area contributed by atoms with E-state index in [0.717, 1.165) is 42.1 Å². The number of carbonyl (C=O) groups excluding carboxylic acids is 1. The van der Waals surface area contributed by atoms with Crippen LogP contribution in [0.4, 0.5) is 0 Å². The van der Waals surface area contributed by atoms with Crippen LogP contribution < -0.4 is 10.6 Å². The van der Waals surface area contributed by atoms with Gasteiger partial charge in [-0.25, -0.2) is 0 Å². The number of amides is 1. The molecule has 2 rings (SSSR count). The second-order valence-electron chi connectivity index (χ2n) is 3.98. The summed E-state index contributed by atoms with van der Waals surface area (Å²) in [4.78, 5) is 14.9. The minimum Gasteiger partial charge on any atom is -0.350 e. The van der Waals surface area contributed by atoms with Gasteiger partial charge in [-0.05, 0) is 22.0 Å². The fourth-order valence-corrected chi connectivity index (χ4v) is 3.12. The smallest absolute Gasteiger partial charge is 0.261 e. The quantitative estimate of drug-likeness (QED) is 0.862. The molecule has 0 aromatic carbocycles. The molecule has 102 valence electrons. The first kappa shape index (κ1) is 15.9. The molecule has 1 aliphatic rings. The highest BCUT2D eigenvalue weighted by Gasteiger charge is 2.11. The van der Waals surface area contributed by atoms with Crippen LogP contribution in [-0.4, -0.2) is 50.1 Å². The lowest BCUT2D eigenvalue weighted by molar-refractivity contribution is 0.0951. The number of hydrogen-bond donors (Lipinski definition) is 2. The molecule has 7 heteroatoms. The van der Waals surface area contributed by atoms with Gasteiger partial charge in [0, 0.05) is 49.1 Å². The van der Waals surface area contributed by atoms with Gasteiger partial charge in [0.05, 0.1) is 4.88 Å². The third kappa shape index (κ3) is 4.85. The molecular formula is C11H17BrClN3OS. The summed E-state index contributed by atoms with van der Waals surface area (Å²) >= 11 is 4.81. The monoisotopic (exact) mass is 353 g/mol. The molecule has 0 unspecified atom stereocenters. The fraction of sp³-hybridized carbons (Fsp3) is 0.545. The van der Waals surface area contributed by atoms with E-state index in [4.69, 9.17) is 0 Å². The van der Waals surface area contributed by atoms with Crippen LogP contribution in [0.2, 0.25) is 0 Å². The maximum atomic E-state index is 11.7. The van der Waals surface area contributed by atoms with Gasteiger partial charge in [-0.2, -0.15) is 0 Å². The van der Waals surface area contributed by atoms with Crippen LogP contribution >= 0.6 is 39.7 Å². The minimum absolute atomic E-state index is 0. The molecule has 18 heavy (non-hydrogen) atoms. The van der Waals surface area contributed by atoms with Crippen molar-refractivity contribution in [2.75, 3.05) is 39.3 Å². The van der Waals surface area contributed by atoms with Crippen LogP contribution in [0, 0.1) is 0 Å². The Kier molecular flexibility index (Phi) is 7.18. The van der Waals surface area contributed by atoms with Gasteiger partial charge in [-0.15, -0.1) is 23.7 Å². The molecule has 0 spiro atoms. The highest BCUT2D eigenvalue weighted by molar-refractivity contribution is 9.10. The highest BCUT2D eigenvalue weighted by Crippen LogP contribution is 2.19. The number of nitrogens with zero attached hydrogens (tertiary/aromatic N) is 1. The van der Waals surface area contributed by atoms with Gasteiger partial charge in [0.15, 0.2) is 0 Å². The topological polar surface area (TPSA) is 44.4 Å². The molecule has 0 atom stereocenters. The molecule has 2 N–H and O–H groups in total. The standard InChI is InChI=1S/C11H16BrN3OS.ClH/c12-9-7-10(17-8-9)11(16)14-3-6-15-4-1-13-2-5-15;/h7-8,13H,1-6H2,(H,14,16);1H. The Bertz CT molecular complexity index is 382. The van der Waals surface area contributed by atoms with Crippen LogP contribution in [0.3, 0.4) is 0 Å². The Morgan fingerprint density at radius 3 is 2.83 bits per heavy atom. The molecule has 1 saturated heterocycles. The Balaban J connectivity index is 0.00000162. The Hall–Kier alpha value is -0.140. The van der Waals surface area contributed by atoms with Crippen molar-refractivity contribution in [2.45, 2.75) is 0 Å². The number of rotatable bonds is 4. The first-order chi connectivity index (χ1) is 8.25. The normalized spacial score (nSPS) is 16.1. The summed E-state index contributed by atoms with van der Waals surface area (Å²) in [6, 6.07) is 1.85. The van der Waals surface area contributed by atoms with E-state index < -0.39 is 0 Å². The molecule has 1 amide bonds. The van der Waals surface area contributed by atoms with Crippen molar-refractivity contribution < 1.29 is 4.79 Å². The summed E-state index contributed by atoms with van der Waals surface area (Å²) in [6.45, 7) is 5.88.